The largest absolute Gasteiger partial charge is 0.366 e. The number of hydrogen-bond donors (Lipinski definition) is 1. The average molecular weight is 297 g/mol. The summed E-state index contributed by atoms with van der Waals surface area (Å²) in [7, 11) is 0. The molecule has 0 spiro atoms. The van der Waals surface area contributed by atoms with Gasteiger partial charge < -0.3 is 5.32 Å². The number of nitrogens with one attached hydrogen (secondary N) is 1. The maximum atomic E-state index is 13.2. The van der Waals surface area contributed by atoms with Gasteiger partial charge in [0.05, 0.1) is 6.07 Å². The number of nitriles is 1. The Hall–Kier alpha value is -2.19. The van der Waals surface area contributed by atoms with Crippen molar-refractivity contribution in [2.45, 2.75) is 6.04 Å². The molecule has 0 saturated carbocycles. The van der Waals surface area contributed by atoms with E-state index < -0.39 is 23.5 Å². The average Bonchev–Trinajstić information content (AvgIpc) is 2.41. The number of benzene rings is 2. The third-order valence-electron chi connectivity index (χ3n) is 2.60. The van der Waals surface area contributed by atoms with Gasteiger partial charge >= 0.3 is 0 Å². The van der Waals surface area contributed by atoms with Crippen molar-refractivity contribution in [3.63, 3.8) is 0 Å². The summed E-state index contributed by atoms with van der Waals surface area (Å²) in [4.78, 5) is 0. The van der Waals surface area contributed by atoms with Gasteiger partial charge in [0.15, 0.2) is 17.5 Å². The molecule has 1 unspecified atom stereocenters. The Morgan fingerprint density at radius 2 is 1.75 bits per heavy atom. The zero-order chi connectivity index (χ0) is 14.7. The van der Waals surface area contributed by atoms with Gasteiger partial charge in [0.2, 0.25) is 0 Å². The third-order valence-corrected chi connectivity index (χ3v) is 2.84. The lowest BCUT2D eigenvalue weighted by Crippen LogP contribution is -2.10. The van der Waals surface area contributed by atoms with Crippen molar-refractivity contribution < 1.29 is 13.2 Å². The Morgan fingerprint density at radius 3 is 2.30 bits per heavy atom. The Kier molecular flexibility index (Phi) is 4.16. The molecule has 2 rings (SSSR count). The van der Waals surface area contributed by atoms with Gasteiger partial charge in [0, 0.05) is 10.7 Å². The van der Waals surface area contributed by atoms with Gasteiger partial charge in [-0.1, -0.05) is 17.7 Å². The minimum Gasteiger partial charge on any atom is -0.366 e. The topological polar surface area (TPSA) is 35.8 Å². The highest BCUT2D eigenvalue weighted by Gasteiger charge is 2.17. The third kappa shape index (κ3) is 3.03. The number of rotatable bonds is 3. The molecule has 0 fully saturated rings. The first-order valence-corrected chi connectivity index (χ1v) is 5.95. The fourth-order valence-corrected chi connectivity index (χ4v) is 1.87. The highest BCUT2D eigenvalue weighted by Crippen LogP contribution is 2.24. The van der Waals surface area contributed by atoms with Crippen LogP contribution < -0.4 is 5.32 Å². The molecule has 0 radical (unpaired) electrons. The predicted octanol–water partition coefficient (Wildman–Crippen LogP) is 4.43. The first kappa shape index (κ1) is 14.2. The monoisotopic (exact) mass is 296 g/mol. The van der Waals surface area contributed by atoms with Crippen LogP contribution in [0.2, 0.25) is 5.02 Å². The molecule has 0 aliphatic rings. The summed E-state index contributed by atoms with van der Waals surface area (Å²) in [5.74, 6) is -4.24. The molecule has 1 atom stereocenters. The molecule has 0 heterocycles. The van der Waals surface area contributed by atoms with E-state index in [-0.39, 0.29) is 5.56 Å². The molecule has 2 aromatic carbocycles. The lowest BCUT2D eigenvalue weighted by molar-refractivity contribution is 0.445. The van der Waals surface area contributed by atoms with E-state index in [9.17, 15) is 13.2 Å². The minimum atomic E-state index is -1.56. The van der Waals surface area contributed by atoms with Crippen LogP contribution in [0.4, 0.5) is 18.9 Å². The maximum absolute atomic E-state index is 13.2. The van der Waals surface area contributed by atoms with Crippen LogP contribution in [0.15, 0.2) is 36.4 Å². The molecule has 0 bridgehead atoms. The van der Waals surface area contributed by atoms with Gasteiger partial charge in [-0.15, -0.1) is 0 Å². The zero-order valence-corrected chi connectivity index (χ0v) is 10.8. The van der Waals surface area contributed by atoms with Gasteiger partial charge in [-0.25, -0.2) is 13.2 Å². The Balaban J connectivity index is 2.32. The summed E-state index contributed by atoms with van der Waals surface area (Å²) < 4.78 is 39.2. The zero-order valence-electron chi connectivity index (χ0n) is 10.0. The van der Waals surface area contributed by atoms with E-state index >= 15 is 0 Å². The first-order chi connectivity index (χ1) is 9.51. The molecule has 0 amide bonds. The van der Waals surface area contributed by atoms with Crippen LogP contribution in [0.25, 0.3) is 0 Å². The van der Waals surface area contributed by atoms with Gasteiger partial charge in [-0.3, -0.25) is 0 Å². The molecule has 102 valence electrons. The molecular formula is C14H8ClF3N2. The minimum absolute atomic E-state index is 0.0103. The van der Waals surface area contributed by atoms with Crippen LogP contribution in [0.3, 0.4) is 0 Å². The number of halogens is 4. The van der Waals surface area contributed by atoms with E-state index in [0.717, 1.165) is 12.1 Å². The van der Waals surface area contributed by atoms with Crippen molar-refractivity contribution in [1.82, 2.24) is 0 Å². The molecule has 6 heteroatoms. The van der Waals surface area contributed by atoms with Crippen molar-refractivity contribution >= 4 is 17.3 Å². The first-order valence-electron chi connectivity index (χ1n) is 5.57. The summed E-state index contributed by atoms with van der Waals surface area (Å²) in [6, 6.07) is 8.89. The predicted molar refractivity (Wildman–Crippen MR) is 69.7 cm³/mol. The van der Waals surface area contributed by atoms with Crippen molar-refractivity contribution in [3.05, 3.63) is 64.4 Å². The standard InChI is InChI=1S/C14H8ClF3N2/c15-9-2-1-3-10(6-9)20-13(7-19)8-4-11(16)14(18)12(17)5-8/h1-6,13,20H. The Morgan fingerprint density at radius 1 is 1.10 bits per heavy atom. The molecule has 0 aromatic heterocycles. The normalized spacial score (nSPS) is 11.8. The molecule has 0 aliphatic heterocycles. The van der Waals surface area contributed by atoms with E-state index in [1.807, 2.05) is 6.07 Å². The smallest absolute Gasteiger partial charge is 0.194 e. The molecule has 20 heavy (non-hydrogen) atoms. The summed E-state index contributed by atoms with van der Waals surface area (Å²) in [5, 5.41) is 12.3. The lowest BCUT2D eigenvalue weighted by atomic mass is 10.1. The van der Waals surface area contributed by atoms with E-state index in [4.69, 9.17) is 16.9 Å². The van der Waals surface area contributed by atoms with Crippen molar-refractivity contribution in [1.29, 1.82) is 5.26 Å². The maximum Gasteiger partial charge on any atom is 0.194 e. The summed E-state index contributed by atoms with van der Waals surface area (Å²) in [5.41, 5.74) is 0.498. The van der Waals surface area contributed by atoms with Gasteiger partial charge in [0.25, 0.3) is 0 Å². The molecule has 2 nitrogen and oxygen atoms in total. The van der Waals surface area contributed by atoms with Crippen molar-refractivity contribution in [3.8, 4) is 6.07 Å². The van der Waals surface area contributed by atoms with Crippen molar-refractivity contribution in [2.24, 2.45) is 0 Å². The molecule has 2 aromatic rings. The number of hydrogen-bond acceptors (Lipinski definition) is 2. The quantitative estimate of drug-likeness (QED) is 0.850. The fraction of sp³-hybridized carbons (Fsp3) is 0.0714. The number of anilines is 1. The second-order valence-electron chi connectivity index (χ2n) is 4.02. The Labute approximate surface area is 118 Å². The van der Waals surface area contributed by atoms with E-state index in [1.165, 1.54) is 0 Å². The van der Waals surface area contributed by atoms with Crippen molar-refractivity contribution in [2.75, 3.05) is 5.32 Å². The summed E-state index contributed by atoms with van der Waals surface area (Å²) in [6.07, 6.45) is 0. The summed E-state index contributed by atoms with van der Waals surface area (Å²) >= 11 is 5.80. The SMILES string of the molecule is N#CC(Nc1cccc(Cl)c1)c1cc(F)c(F)c(F)c1. The van der Waals surface area contributed by atoms with E-state index in [0.29, 0.717) is 10.7 Å². The van der Waals surface area contributed by atoms with Crippen LogP contribution in [0, 0.1) is 28.8 Å². The second-order valence-corrected chi connectivity index (χ2v) is 4.45. The lowest BCUT2D eigenvalue weighted by Gasteiger charge is -2.14. The van der Waals surface area contributed by atoms with Crippen LogP contribution >= 0.6 is 11.6 Å². The van der Waals surface area contributed by atoms with Gasteiger partial charge in [-0.05, 0) is 35.9 Å². The summed E-state index contributed by atoms with van der Waals surface area (Å²) in [6.45, 7) is 0. The molecular weight excluding hydrogens is 289 g/mol. The van der Waals surface area contributed by atoms with E-state index in [2.05, 4.69) is 5.32 Å². The fourth-order valence-electron chi connectivity index (χ4n) is 1.68. The number of nitrogens with zero attached hydrogens (tertiary/aromatic N) is 1. The molecule has 0 saturated heterocycles. The second kappa shape index (κ2) is 5.85. The molecule has 1 N–H and O–H groups in total. The van der Waals surface area contributed by atoms with Crippen LogP contribution in [-0.2, 0) is 0 Å². The van der Waals surface area contributed by atoms with Crippen LogP contribution in [0.1, 0.15) is 11.6 Å². The Bertz CT molecular complexity index is 659. The van der Waals surface area contributed by atoms with Crippen LogP contribution in [0.5, 0.6) is 0 Å². The molecule has 0 aliphatic carbocycles. The highest BCUT2D eigenvalue weighted by atomic mass is 35.5. The van der Waals surface area contributed by atoms with Gasteiger partial charge in [0.1, 0.15) is 6.04 Å². The van der Waals surface area contributed by atoms with E-state index in [1.54, 1.807) is 24.3 Å². The van der Waals surface area contributed by atoms with Gasteiger partial charge in [-0.2, -0.15) is 5.26 Å². The van der Waals surface area contributed by atoms with Crippen LogP contribution in [-0.4, -0.2) is 0 Å². The highest BCUT2D eigenvalue weighted by molar-refractivity contribution is 6.30.